The zero-order chi connectivity index (χ0) is 20.3. The molecule has 3 rings (SSSR count). The van der Waals surface area contributed by atoms with Crippen LogP contribution in [0.3, 0.4) is 0 Å². The van der Waals surface area contributed by atoms with Crippen molar-refractivity contribution in [3.63, 3.8) is 0 Å². The first-order valence-corrected chi connectivity index (χ1v) is 9.80. The van der Waals surface area contributed by atoms with E-state index in [9.17, 15) is 4.79 Å². The molecule has 1 atom stereocenters. The second-order valence-corrected chi connectivity index (χ2v) is 8.42. The molecule has 1 aromatic rings. The number of carbonyl (C=O) groups excluding carboxylic acids is 1. The summed E-state index contributed by atoms with van der Waals surface area (Å²) in [6.45, 7) is 9.53. The molecule has 150 valence electrons. The van der Waals surface area contributed by atoms with Crippen LogP contribution in [0.1, 0.15) is 38.2 Å². The lowest BCUT2D eigenvalue weighted by molar-refractivity contribution is -0.118. The summed E-state index contributed by atoms with van der Waals surface area (Å²) >= 11 is 6.50. The molecule has 0 bridgehead atoms. The third-order valence-corrected chi connectivity index (χ3v) is 5.47. The van der Waals surface area contributed by atoms with Crippen molar-refractivity contribution in [1.29, 1.82) is 0 Å². The molecule has 6 nitrogen and oxygen atoms in total. The zero-order valence-electron chi connectivity index (χ0n) is 16.4. The van der Waals surface area contributed by atoms with Gasteiger partial charge in [-0.15, -0.1) is 0 Å². The van der Waals surface area contributed by atoms with E-state index in [2.05, 4.69) is 35.9 Å². The van der Waals surface area contributed by atoms with Gasteiger partial charge in [0.25, 0.3) is 0 Å². The fraction of sp³-hybridized carbons (Fsp3) is 0.476. The van der Waals surface area contributed by atoms with Crippen molar-refractivity contribution < 1.29 is 9.53 Å². The molecule has 0 aromatic carbocycles. The summed E-state index contributed by atoms with van der Waals surface area (Å²) in [6.07, 6.45) is 4.59. The Morgan fingerprint density at radius 2 is 2.25 bits per heavy atom. The minimum atomic E-state index is -0.280. The number of aliphatic imine (C=N–C) groups is 1. The molecular formula is C21H27ClN4O2. The van der Waals surface area contributed by atoms with Gasteiger partial charge >= 0.3 is 0 Å². The van der Waals surface area contributed by atoms with Crippen molar-refractivity contribution in [1.82, 2.24) is 10.3 Å². The highest BCUT2D eigenvalue weighted by molar-refractivity contribution is 6.31. The molecule has 7 heteroatoms. The van der Waals surface area contributed by atoms with Gasteiger partial charge < -0.3 is 15.8 Å². The third kappa shape index (κ3) is 4.19. The third-order valence-electron chi connectivity index (χ3n) is 5.15. The standard InChI is InChI=1S/C21H27ClN4O2/c1-21(2)8-16-20(18(27)9-21)19(13-4-6-25-11-15(13)22)14(10-24-3)17(26-16)12-28-7-5-23/h4,6,11,19,26H,3,5,7-10,12,23H2,1-2H3. The number of aromatic nitrogens is 1. The smallest absolute Gasteiger partial charge is 0.162 e. The number of dihydropyridines is 1. The van der Waals surface area contributed by atoms with Crippen molar-refractivity contribution >= 4 is 24.1 Å². The molecule has 2 aliphatic rings. The minimum Gasteiger partial charge on any atom is -0.374 e. The van der Waals surface area contributed by atoms with E-state index in [0.717, 1.165) is 34.5 Å². The number of ketones is 1. The normalized spacial score (nSPS) is 21.4. The van der Waals surface area contributed by atoms with E-state index < -0.39 is 0 Å². The maximum atomic E-state index is 13.2. The fourth-order valence-electron chi connectivity index (χ4n) is 4.05. The number of allylic oxidation sites excluding steroid dienone is 2. The molecule has 28 heavy (non-hydrogen) atoms. The molecule has 0 saturated heterocycles. The number of nitrogens with one attached hydrogen (secondary N) is 1. The van der Waals surface area contributed by atoms with Crippen molar-refractivity contribution in [2.24, 2.45) is 16.1 Å². The number of hydrogen-bond donors (Lipinski definition) is 2. The number of rotatable bonds is 7. The zero-order valence-corrected chi connectivity index (χ0v) is 17.2. The number of halogens is 1. The van der Waals surface area contributed by atoms with Crippen LogP contribution in [0.15, 0.2) is 46.0 Å². The van der Waals surface area contributed by atoms with Crippen molar-refractivity contribution in [2.75, 3.05) is 26.3 Å². The number of pyridine rings is 1. The summed E-state index contributed by atoms with van der Waals surface area (Å²) < 4.78 is 5.71. The van der Waals surface area contributed by atoms with Gasteiger partial charge in [0.15, 0.2) is 5.78 Å². The maximum Gasteiger partial charge on any atom is 0.162 e. The number of Topliss-reactive ketones (excluding diaryl/α,β-unsaturated/α-hetero) is 1. The first-order chi connectivity index (χ1) is 13.4. The SMILES string of the molecule is C=NCC1=C(COCCN)NC2=C(C(=O)CC(C)(C)C2)C1c1ccncc1Cl. The van der Waals surface area contributed by atoms with Gasteiger partial charge in [-0.2, -0.15) is 0 Å². The molecule has 0 spiro atoms. The van der Waals surface area contributed by atoms with Crippen molar-refractivity contribution in [3.05, 3.63) is 51.6 Å². The van der Waals surface area contributed by atoms with Crippen molar-refractivity contribution in [2.45, 2.75) is 32.6 Å². The molecule has 0 radical (unpaired) electrons. The van der Waals surface area contributed by atoms with Gasteiger partial charge in [-0.3, -0.25) is 14.8 Å². The summed E-state index contributed by atoms with van der Waals surface area (Å²) in [7, 11) is 0. The molecular weight excluding hydrogens is 376 g/mol. The second kappa shape index (κ2) is 8.55. The van der Waals surface area contributed by atoms with Gasteiger partial charge in [0.05, 0.1) is 24.8 Å². The van der Waals surface area contributed by atoms with Gasteiger partial charge in [0.1, 0.15) is 0 Å². The van der Waals surface area contributed by atoms with E-state index in [1.807, 2.05) is 6.07 Å². The number of ether oxygens (including phenoxy) is 1. The van der Waals surface area contributed by atoms with Gasteiger partial charge in [0.2, 0.25) is 0 Å². The van der Waals surface area contributed by atoms with E-state index in [4.69, 9.17) is 22.1 Å². The Morgan fingerprint density at radius 3 is 2.93 bits per heavy atom. The quantitative estimate of drug-likeness (QED) is 0.540. The molecule has 1 aliphatic heterocycles. The number of nitrogens with two attached hydrogens (primary N) is 1. The monoisotopic (exact) mass is 402 g/mol. The molecule has 0 saturated carbocycles. The van der Waals surface area contributed by atoms with Crippen LogP contribution in [0, 0.1) is 5.41 Å². The molecule has 1 unspecified atom stereocenters. The maximum absolute atomic E-state index is 13.2. The van der Waals surface area contributed by atoms with Crippen LogP contribution in [0.5, 0.6) is 0 Å². The summed E-state index contributed by atoms with van der Waals surface area (Å²) in [5.41, 5.74) is 9.89. The Bertz CT molecular complexity index is 845. The second-order valence-electron chi connectivity index (χ2n) is 8.02. The largest absolute Gasteiger partial charge is 0.374 e. The fourth-order valence-corrected chi connectivity index (χ4v) is 4.28. The lowest BCUT2D eigenvalue weighted by atomic mass is 9.68. The van der Waals surface area contributed by atoms with Crippen LogP contribution in [-0.2, 0) is 9.53 Å². The van der Waals surface area contributed by atoms with Gasteiger partial charge in [-0.1, -0.05) is 25.4 Å². The number of carbonyl (C=O) groups is 1. The average molecular weight is 403 g/mol. The van der Waals surface area contributed by atoms with Crippen LogP contribution in [0.4, 0.5) is 0 Å². The molecule has 0 fully saturated rings. The number of nitrogens with zero attached hydrogens (tertiary/aromatic N) is 2. The van der Waals surface area contributed by atoms with Crippen LogP contribution in [-0.4, -0.2) is 43.8 Å². The van der Waals surface area contributed by atoms with Gasteiger partial charge in [-0.25, -0.2) is 0 Å². The first-order valence-electron chi connectivity index (χ1n) is 9.43. The Hall–Kier alpha value is -2.02. The predicted molar refractivity (Wildman–Crippen MR) is 111 cm³/mol. The Kier molecular flexibility index (Phi) is 6.33. The topological polar surface area (TPSA) is 89.6 Å². The van der Waals surface area contributed by atoms with E-state index in [0.29, 0.717) is 37.7 Å². The lowest BCUT2D eigenvalue weighted by Gasteiger charge is -2.40. The Morgan fingerprint density at radius 1 is 1.46 bits per heavy atom. The molecule has 2 heterocycles. The highest BCUT2D eigenvalue weighted by Gasteiger charge is 2.41. The summed E-state index contributed by atoms with van der Waals surface area (Å²) in [5, 5.41) is 4.01. The lowest BCUT2D eigenvalue weighted by Crippen LogP contribution is -2.39. The van der Waals surface area contributed by atoms with Crippen LogP contribution < -0.4 is 11.1 Å². The number of hydrogen-bond acceptors (Lipinski definition) is 6. The highest BCUT2D eigenvalue weighted by Crippen LogP contribution is 2.47. The Labute approximate surface area is 170 Å². The Balaban J connectivity index is 2.14. The summed E-state index contributed by atoms with van der Waals surface area (Å²) in [6, 6.07) is 1.87. The molecule has 1 aromatic heterocycles. The molecule has 3 N–H and O–H groups in total. The van der Waals surface area contributed by atoms with Crippen LogP contribution in [0.2, 0.25) is 5.02 Å². The van der Waals surface area contributed by atoms with E-state index in [1.54, 1.807) is 12.4 Å². The molecule has 1 aliphatic carbocycles. The van der Waals surface area contributed by atoms with Crippen LogP contribution >= 0.6 is 11.6 Å². The van der Waals surface area contributed by atoms with E-state index in [1.165, 1.54) is 0 Å². The predicted octanol–water partition coefficient (Wildman–Crippen LogP) is 3.00. The first kappa shape index (κ1) is 20.7. The van der Waals surface area contributed by atoms with E-state index in [-0.39, 0.29) is 17.1 Å². The van der Waals surface area contributed by atoms with Crippen molar-refractivity contribution in [3.8, 4) is 0 Å². The van der Waals surface area contributed by atoms with Crippen LogP contribution in [0.25, 0.3) is 0 Å². The molecule has 0 amide bonds. The van der Waals surface area contributed by atoms with Gasteiger partial charge in [-0.05, 0) is 35.8 Å². The average Bonchev–Trinajstić information content (AvgIpc) is 2.62. The minimum absolute atomic E-state index is 0.104. The summed E-state index contributed by atoms with van der Waals surface area (Å²) in [4.78, 5) is 21.4. The van der Waals surface area contributed by atoms with E-state index >= 15 is 0 Å². The highest BCUT2D eigenvalue weighted by atomic mass is 35.5. The van der Waals surface area contributed by atoms with Gasteiger partial charge in [0, 0.05) is 48.2 Å². The summed E-state index contributed by atoms with van der Waals surface area (Å²) in [5.74, 6) is -0.141.